The fourth-order valence-corrected chi connectivity index (χ4v) is 3.67. The van der Waals surface area contributed by atoms with Gasteiger partial charge in [-0.25, -0.2) is 4.98 Å². The number of amides is 1. The molecule has 0 bridgehead atoms. The molecular weight excluding hydrogens is 423 g/mol. The third-order valence-corrected chi connectivity index (χ3v) is 5.18. The number of carbonyl (C=O) groups excluding carboxylic acids is 1. The predicted octanol–water partition coefficient (Wildman–Crippen LogP) is 4.54. The zero-order chi connectivity index (χ0) is 22.7. The Bertz CT molecular complexity index is 1080. The maximum absolute atomic E-state index is 13.2. The summed E-state index contributed by atoms with van der Waals surface area (Å²) in [7, 11) is 0. The summed E-state index contributed by atoms with van der Waals surface area (Å²) in [6, 6.07) is 5.65. The summed E-state index contributed by atoms with van der Waals surface area (Å²) in [5.74, 6) is 5.53. The number of ether oxygens (including phenoxy) is 2. The fourth-order valence-electron chi connectivity index (χ4n) is 3.67. The number of aromatic nitrogens is 1. The van der Waals surface area contributed by atoms with Crippen molar-refractivity contribution in [1.82, 2.24) is 4.98 Å². The molecule has 0 aliphatic carbocycles. The number of aryl methyl sites for hydroxylation is 1. The summed E-state index contributed by atoms with van der Waals surface area (Å²) >= 11 is 0. The second-order valence-electron chi connectivity index (χ2n) is 7.68. The van der Waals surface area contributed by atoms with Gasteiger partial charge in [0, 0.05) is 18.0 Å². The van der Waals surface area contributed by atoms with Gasteiger partial charge < -0.3 is 20.1 Å². The van der Waals surface area contributed by atoms with Crippen LogP contribution in [0.2, 0.25) is 0 Å². The van der Waals surface area contributed by atoms with Crippen LogP contribution in [-0.2, 0) is 26.9 Å². The first kappa shape index (κ1) is 22.1. The van der Waals surface area contributed by atoms with Crippen LogP contribution < -0.4 is 10.6 Å². The monoisotopic (exact) mass is 445 g/mol. The number of halogens is 3. The maximum Gasteiger partial charge on any atom is 0.433 e. The number of benzene rings is 1. The van der Waals surface area contributed by atoms with Crippen molar-refractivity contribution in [3.8, 4) is 11.8 Å². The van der Waals surface area contributed by atoms with Crippen LogP contribution in [0, 0.1) is 18.8 Å². The maximum atomic E-state index is 13.2. The smallest absolute Gasteiger partial charge is 0.353 e. The summed E-state index contributed by atoms with van der Waals surface area (Å²) in [4.78, 5) is 15.4. The molecule has 1 aromatic carbocycles. The summed E-state index contributed by atoms with van der Waals surface area (Å²) in [6.07, 6.45) is -1.85. The molecule has 2 aliphatic heterocycles. The molecule has 1 saturated heterocycles. The summed E-state index contributed by atoms with van der Waals surface area (Å²) in [5.41, 5.74) is 2.12. The number of nitrogens with zero attached hydrogens (tertiary/aromatic N) is 1. The van der Waals surface area contributed by atoms with Crippen molar-refractivity contribution in [2.45, 2.75) is 45.1 Å². The van der Waals surface area contributed by atoms with E-state index >= 15 is 0 Å². The van der Waals surface area contributed by atoms with Crippen LogP contribution in [0.15, 0.2) is 24.3 Å². The summed E-state index contributed by atoms with van der Waals surface area (Å²) in [5, 5.41) is 5.72. The minimum absolute atomic E-state index is 0.0159. The zero-order valence-electron chi connectivity index (χ0n) is 17.4. The normalized spacial score (nSPS) is 17.9. The minimum Gasteiger partial charge on any atom is -0.353 e. The highest BCUT2D eigenvalue weighted by atomic mass is 19.4. The molecule has 0 radical (unpaired) electrons. The number of pyridine rings is 1. The Labute approximate surface area is 183 Å². The van der Waals surface area contributed by atoms with E-state index in [2.05, 4.69) is 27.5 Å². The van der Waals surface area contributed by atoms with Gasteiger partial charge >= 0.3 is 6.18 Å². The standard InChI is InChI=1S/C23H22F3N3O3/c1-14-11-17(12-16-13-19(30)29-21(14)16)27-22-15(7-8-18(28-22)23(24,25)26)5-4-10-32-20-6-2-3-9-31-20/h7-8,11-12,20H,2-3,6,9-10,13H2,1H3,(H,27,28)(H,29,30). The average Bonchev–Trinajstić information content (AvgIpc) is 3.13. The van der Waals surface area contributed by atoms with Gasteiger partial charge in [0.2, 0.25) is 5.91 Å². The van der Waals surface area contributed by atoms with Crippen molar-refractivity contribution in [3.63, 3.8) is 0 Å². The van der Waals surface area contributed by atoms with E-state index in [1.165, 1.54) is 6.07 Å². The van der Waals surface area contributed by atoms with Gasteiger partial charge in [0.25, 0.3) is 0 Å². The van der Waals surface area contributed by atoms with E-state index in [1.807, 2.05) is 6.92 Å². The minimum atomic E-state index is -4.59. The van der Waals surface area contributed by atoms with E-state index in [1.54, 1.807) is 12.1 Å². The average molecular weight is 445 g/mol. The van der Waals surface area contributed by atoms with Crippen LogP contribution in [0.25, 0.3) is 0 Å². The quantitative estimate of drug-likeness (QED) is 0.676. The predicted molar refractivity (Wildman–Crippen MR) is 112 cm³/mol. The van der Waals surface area contributed by atoms with Crippen LogP contribution in [0.1, 0.15) is 41.6 Å². The van der Waals surface area contributed by atoms with Gasteiger partial charge in [0.05, 0.1) is 12.0 Å². The molecule has 3 heterocycles. The molecule has 2 aromatic rings. The first-order chi connectivity index (χ1) is 15.3. The van der Waals surface area contributed by atoms with Crippen molar-refractivity contribution in [2.75, 3.05) is 23.8 Å². The lowest BCUT2D eigenvalue weighted by molar-refractivity contribution is -0.154. The molecule has 2 aliphatic rings. The highest BCUT2D eigenvalue weighted by molar-refractivity contribution is 6.00. The topological polar surface area (TPSA) is 72.5 Å². The third kappa shape index (κ3) is 5.21. The van der Waals surface area contributed by atoms with Gasteiger partial charge in [-0.05, 0) is 61.6 Å². The van der Waals surface area contributed by atoms with Crippen molar-refractivity contribution < 1.29 is 27.4 Å². The lowest BCUT2D eigenvalue weighted by Crippen LogP contribution is -2.22. The molecule has 168 valence electrons. The van der Waals surface area contributed by atoms with Gasteiger partial charge in [-0.15, -0.1) is 0 Å². The van der Waals surface area contributed by atoms with Crippen LogP contribution in [0.3, 0.4) is 0 Å². The van der Waals surface area contributed by atoms with Crippen LogP contribution in [-0.4, -0.2) is 30.4 Å². The number of nitrogens with one attached hydrogen (secondary N) is 2. The zero-order valence-corrected chi connectivity index (χ0v) is 17.4. The molecule has 32 heavy (non-hydrogen) atoms. The molecule has 2 N–H and O–H groups in total. The lowest BCUT2D eigenvalue weighted by atomic mass is 10.1. The van der Waals surface area contributed by atoms with E-state index in [0.29, 0.717) is 17.9 Å². The molecule has 1 fully saturated rings. The fraction of sp³-hybridized carbons (Fsp3) is 0.391. The lowest BCUT2D eigenvalue weighted by Gasteiger charge is -2.21. The number of rotatable bonds is 4. The number of hydrogen-bond donors (Lipinski definition) is 2. The van der Waals surface area contributed by atoms with Crippen LogP contribution in [0.4, 0.5) is 30.4 Å². The van der Waals surface area contributed by atoms with Gasteiger partial charge in [0.1, 0.15) is 18.1 Å². The van der Waals surface area contributed by atoms with Gasteiger partial charge in [-0.3, -0.25) is 4.79 Å². The Balaban J connectivity index is 1.57. The second-order valence-corrected chi connectivity index (χ2v) is 7.68. The summed E-state index contributed by atoms with van der Waals surface area (Å²) < 4.78 is 50.7. The third-order valence-electron chi connectivity index (χ3n) is 5.18. The molecule has 1 amide bonds. The largest absolute Gasteiger partial charge is 0.433 e. The Hall–Kier alpha value is -3.09. The first-order valence-electron chi connectivity index (χ1n) is 10.3. The molecule has 9 heteroatoms. The number of alkyl halides is 3. The number of fused-ring (bicyclic) bond motifs is 1. The van der Waals surface area contributed by atoms with E-state index in [0.717, 1.165) is 42.1 Å². The van der Waals surface area contributed by atoms with Crippen molar-refractivity contribution >= 4 is 23.1 Å². The number of hydrogen-bond acceptors (Lipinski definition) is 5. The second kappa shape index (κ2) is 9.18. The molecule has 0 spiro atoms. The van der Waals surface area contributed by atoms with Crippen molar-refractivity contribution in [2.24, 2.45) is 0 Å². The molecule has 0 saturated carbocycles. The molecule has 4 rings (SSSR count). The van der Waals surface area contributed by atoms with Crippen LogP contribution in [0.5, 0.6) is 0 Å². The molecule has 1 aromatic heterocycles. The highest BCUT2D eigenvalue weighted by Crippen LogP contribution is 2.33. The van der Waals surface area contributed by atoms with E-state index < -0.39 is 11.9 Å². The number of anilines is 3. The Kier molecular flexibility index (Phi) is 6.35. The summed E-state index contributed by atoms with van der Waals surface area (Å²) in [6.45, 7) is 2.56. The Morgan fingerprint density at radius 1 is 1.31 bits per heavy atom. The van der Waals surface area contributed by atoms with E-state index in [-0.39, 0.29) is 31.0 Å². The van der Waals surface area contributed by atoms with Gasteiger partial charge in [-0.1, -0.05) is 11.8 Å². The highest BCUT2D eigenvalue weighted by Gasteiger charge is 2.33. The SMILES string of the molecule is Cc1cc(Nc2nc(C(F)(F)F)ccc2C#CCOC2CCCCO2)cc2c1NC(=O)C2. The molecular formula is C23H22F3N3O3. The van der Waals surface area contributed by atoms with Crippen molar-refractivity contribution in [1.29, 1.82) is 0 Å². The Morgan fingerprint density at radius 2 is 2.16 bits per heavy atom. The van der Waals surface area contributed by atoms with E-state index in [9.17, 15) is 18.0 Å². The molecule has 6 nitrogen and oxygen atoms in total. The molecule has 1 unspecified atom stereocenters. The van der Waals surface area contributed by atoms with Crippen molar-refractivity contribution in [3.05, 3.63) is 46.6 Å². The van der Waals surface area contributed by atoms with Gasteiger partial charge in [0.15, 0.2) is 6.29 Å². The molecule has 1 atom stereocenters. The first-order valence-corrected chi connectivity index (χ1v) is 10.3. The van der Waals surface area contributed by atoms with Gasteiger partial charge in [-0.2, -0.15) is 13.2 Å². The Morgan fingerprint density at radius 3 is 2.91 bits per heavy atom. The van der Waals surface area contributed by atoms with E-state index in [4.69, 9.17) is 9.47 Å². The number of carbonyl (C=O) groups is 1. The van der Waals surface area contributed by atoms with Crippen LogP contribution >= 0.6 is 0 Å².